The van der Waals surface area contributed by atoms with Gasteiger partial charge < -0.3 is 10.2 Å². The smallest absolute Gasteiger partial charge is 0.146 e. The molecule has 2 aromatic rings. The summed E-state index contributed by atoms with van der Waals surface area (Å²) in [5, 5.41) is 7.82. The van der Waals surface area contributed by atoms with E-state index in [1.807, 2.05) is 4.68 Å². The number of aromatic nitrogens is 3. The summed E-state index contributed by atoms with van der Waals surface area (Å²) in [4.78, 5) is 6.80. The summed E-state index contributed by atoms with van der Waals surface area (Å²) in [6.45, 7) is 7.89. The van der Waals surface area contributed by atoms with Crippen LogP contribution in [0.2, 0.25) is 0 Å². The predicted octanol–water partition coefficient (Wildman–Crippen LogP) is 1.80. The fraction of sp³-hybridized carbons (Fsp3) is 0.467. The van der Waals surface area contributed by atoms with Gasteiger partial charge in [0, 0.05) is 31.4 Å². The van der Waals surface area contributed by atoms with Crippen LogP contribution in [0.3, 0.4) is 0 Å². The summed E-state index contributed by atoms with van der Waals surface area (Å²) >= 11 is 0. The highest BCUT2D eigenvalue weighted by Crippen LogP contribution is 2.24. The number of benzene rings is 1. The average molecular weight is 271 g/mol. The average Bonchev–Trinajstić information content (AvgIpc) is 2.85. The van der Waals surface area contributed by atoms with E-state index >= 15 is 0 Å². The minimum absolute atomic E-state index is 0.459. The molecule has 0 spiro atoms. The molecule has 1 aromatic carbocycles. The number of fused-ring (bicyclic) bond motifs is 1. The van der Waals surface area contributed by atoms with Gasteiger partial charge in [-0.1, -0.05) is 18.2 Å². The van der Waals surface area contributed by atoms with E-state index in [1.54, 1.807) is 6.33 Å². The molecular formula is C15H21N5. The van der Waals surface area contributed by atoms with Gasteiger partial charge in [0.2, 0.25) is 0 Å². The van der Waals surface area contributed by atoms with Crippen molar-refractivity contribution in [2.75, 3.05) is 11.4 Å². The highest BCUT2D eigenvalue weighted by molar-refractivity contribution is 5.54. The summed E-state index contributed by atoms with van der Waals surface area (Å²) in [6, 6.07) is 9.05. The molecule has 5 heteroatoms. The SMILES string of the molecule is CCn1ncnc1CN1CC(C)NCc2ccccc21. The van der Waals surface area contributed by atoms with E-state index in [2.05, 4.69) is 58.4 Å². The minimum atomic E-state index is 0.459. The van der Waals surface area contributed by atoms with Crippen LogP contribution in [0.25, 0.3) is 0 Å². The predicted molar refractivity (Wildman–Crippen MR) is 79.5 cm³/mol. The molecule has 0 fully saturated rings. The number of nitrogens with one attached hydrogen (secondary N) is 1. The lowest BCUT2D eigenvalue weighted by atomic mass is 10.1. The lowest BCUT2D eigenvalue weighted by Gasteiger charge is -2.26. The number of para-hydroxylation sites is 1. The first-order chi connectivity index (χ1) is 9.78. The number of aryl methyl sites for hydroxylation is 1. The molecule has 1 aromatic heterocycles. The molecule has 20 heavy (non-hydrogen) atoms. The second-order valence-electron chi connectivity index (χ2n) is 5.28. The lowest BCUT2D eigenvalue weighted by molar-refractivity contribution is 0.539. The monoisotopic (exact) mass is 271 g/mol. The van der Waals surface area contributed by atoms with Crippen LogP contribution in [0.1, 0.15) is 25.2 Å². The van der Waals surface area contributed by atoms with Crippen LogP contribution in [0.4, 0.5) is 5.69 Å². The molecule has 3 rings (SSSR count). The van der Waals surface area contributed by atoms with Gasteiger partial charge in [-0.3, -0.25) is 0 Å². The van der Waals surface area contributed by atoms with Gasteiger partial charge in [-0.05, 0) is 25.5 Å². The van der Waals surface area contributed by atoms with E-state index in [1.165, 1.54) is 11.3 Å². The second kappa shape index (κ2) is 5.63. The Morgan fingerprint density at radius 2 is 2.20 bits per heavy atom. The number of nitrogens with zero attached hydrogens (tertiary/aromatic N) is 4. The van der Waals surface area contributed by atoms with Crippen molar-refractivity contribution in [1.29, 1.82) is 0 Å². The Balaban J connectivity index is 1.91. The maximum absolute atomic E-state index is 4.40. The zero-order valence-electron chi connectivity index (χ0n) is 12.1. The molecule has 0 saturated heterocycles. The van der Waals surface area contributed by atoms with Crippen molar-refractivity contribution in [3.8, 4) is 0 Å². The van der Waals surface area contributed by atoms with Crippen LogP contribution >= 0.6 is 0 Å². The maximum Gasteiger partial charge on any atom is 0.146 e. The van der Waals surface area contributed by atoms with Gasteiger partial charge in [0.05, 0.1) is 6.54 Å². The maximum atomic E-state index is 4.40. The van der Waals surface area contributed by atoms with E-state index < -0.39 is 0 Å². The molecule has 1 unspecified atom stereocenters. The Bertz CT molecular complexity index is 577. The third kappa shape index (κ3) is 2.54. The molecule has 0 bridgehead atoms. The van der Waals surface area contributed by atoms with Gasteiger partial charge in [-0.2, -0.15) is 5.10 Å². The summed E-state index contributed by atoms with van der Waals surface area (Å²) < 4.78 is 1.96. The molecule has 1 aliphatic heterocycles. The molecule has 0 amide bonds. The van der Waals surface area contributed by atoms with E-state index in [4.69, 9.17) is 0 Å². The number of hydrogen-bond acceptors (Lipinski definition) is 4. The third-order valence-electron chi connectivity index (χ3n) is 3.80. The second-order valence-corrected chi connectivity index (χ2v) is 5.28. The fourth-order valence-corrected chi connectivity index (χ4v) is 2.74. The Morgan fingerprint density at radius 1 is 1.35 bits per heavy atom. The molecule has 0 saturated carbocycles. The molecule has 0 aliphatic carbocycles. The highest BCUT2D eigenvalue weighted by atomic mass is 15.3. The van der Waals surface area contributed by atoms with Crippen molar-refractivity contribution in [2.45, 2.75) is 39.5 Å². The number of anilines is 1. The fourth-order valence-electron chi connectivity index (χ4n) is 2.74. The first kappa shape index (κ1) is 13.1. The summed E-state index contributed by atoms with van der Waals surface area (Å²) in [5.41, 5.74) is 2.65. The highest BCUT2D eigenvalue weighted by Gasteiger charge is 2.20. The van der Waals surface area contributed by atoms with Gasteiger partial charge in [-0.15, -0.1) is 0 Å². The van der Waals surface area contributed by atoms with Gasteiger partial charge in [0.25, 0.3) is 0 Å². The summed E-state index contributed by atoms with van der Waals surface area (Å²) in [6.07, 6.45) is 1.64. The van der Waals surface area contributed by atoms with Crippen molar-refractivity contribution >= 4 is 5.69 Å². The Labute approximate surface area is 119 Å². The lowest BCUT2D eigenvalue weighted by Crippen LogP contribution is -2.36. The van der Waals surface area contributed by atoms with E-state index in [0.29, 0.717) is 6.04 Å². The van der Waals surface area contributed by atoms with Crippen LogP contribution in [-0.2, 0) is 19.6 Å². The third-order valence-corrected chi connectivity index (χ3v) is 3.80. The first-order valence-corrected chi connectivity index (χ1v) is 7.21. The Hall–Kier alpha value is -1.88. The molecule has 1 aliphatic rings. The van der Waals surface area contributed by atoms with Crippen LogP contribution in [-0.4, -0.2) is 27.4 Å². The van der Waals surface area contributed by atoms with Crippen LogP contribution in [0, 0.1) is 0 Å². The van der Waals surface area contributed by atoms with Gasteiger partial charge in [-0.25, -0.2) is 9.67 Å². The quantitative estimate of drug-likeness (QED) is 0.924. The van der Waals surface area contributed by atoms with Crippen LogP contribution < -0.4 is 10.2 Å². The minimum Gasteiger partial charge on any atom is -0.362 e. The zero-order chi connectivity index (χ0) is 13.9. The summed E-state index contributed by atoms with van der Waals surface area (Å²) in [7, 11) is 0. The first-order valence-electron chi connectivity index (χ1n) is 7.21. The molecular weight excluding hydrogens is 250 g/mol. The normalized spacial score (nSPS) is 18.7. The largest absolute Gasteiger partial charge is 0.362 e. The van der Waals surface area contributed by atoms with Crippen LogP contribution in [0.15, 0.2) is 30.6 Å². The molecule has 0 radical (unpaired) electrons. The van der Waals surface area contributed by atoms with Crippen molar-refractivity contribution < 1.29 is 0 Å². The Kier molecular flexibility index (Phi) is 3.69. The molecule has 2 heterocycles. The van der Waals surface area contributed by atoms with Crippen molar-refractivity contribution in [2.24, 2.45) is 0 Å². The topological polar surface area (TPSA) is 46.0 Å². The van der Waals surface area contributed by atoms with Crippen molar-refractivity contribution in [1.82, 2.24) is 20.1 Å². The zero-order valence-corrected chi connectivity index (χ0v) is 12.1. The molecule has 5 nitrogen and oxygen atoms in total. The van der Waals surface area contributed by atoms with Crippen LogP contribution in [0.5, 0.6) is 0 Å². The standard InChI is InChI=1S/C15H21N5/c1-3-20-15(17-11-18-20)10-19-9-12(2)16-8-13-6-4-5-7-14(13)19/h4-7,11-12,16H,3,8-10H2,1-2H3. The number of hydrogen-bond donors (Lipinski definition) is 1. The van der Waals surface area contributed by atoms with E-state index in [0.717, 1.165) is 32.0 Å². The van der Waals surface area contributed by atoms with Gasteiger partial charge in [0.15, 0.2) is 0 Å². The van der Waals surface area contributed by atoms with Crippen molar-refractivity contribution in [3.63, 3.8) is 0 Å². The summed E-state index contributed by atoms with van der Waals surface area (Å²) in [5.74, 6) is 1.02. The van der Waals surface area contributed by atoms with Crippen molar-refractivity contribution in [3.05, 3.63) is 42.0 Å². The van der Waals surface area contributed by atoms with E-state index in [-0.39, 0.29) is 0 Å². The molecule has 1 atom stereocenters. The molecule has 1 N–H and O–H groups in total. The molecule has 106 valence electrons. The Morgan fingerprint density at radius 3 is 3.05 bits per heavy atom. The van der Waals surface area contributed by atoms with Gasteiger partial charge >= 0.3 is 0 Å². The number of rotatable bonds is 3. The van der Waals surface area contributed by atoms with Gasteiger partial charge in [0.1, 0.15) is 12.2 Å². The van der Waals surface area contributed by atoms with E-state index in [9.17, 15) is 0 Å².